The lowest BCUT2D eigenvalue weighted by Crippen LogP contribution is -2.07. The Kier molecular flexibility index (Phi) is 2.16. The van der Waals surface area contributed by atoms with E-state index in [0.29, 0.717) is 11.4 Å². The summed E-state index contributed by atoms with van der Waals surface area (Å²) >= 11 is -1.91. The molecule has 0 spiro atoms. The third kappa shape index (κ3) is 1.50. The molecule has 0 saturated heterocycles. The van der Waals surface area contributed by atoms with Crippen LogP contribution in [0.1, 0.15) is 5.56 Å². The third-order valence-electron chi connectivity index (χ3n) is 1.94. The SMILES string of the molecule is O=S(O)c1cccc2c1NCC=C2. The highest BCUT2D eigenvalue weighted by molar-refractivity contribution is 7.79. The predicted molar refractivity (Wildman–Crippen MR) is 53.0 cm³/mol. The van der Waals surface area contributed by atoms with Crippen molar-refractivity contribution in [3.63, 3.8) is 0 Å². The molecule has 0 aromatic heterocycles. The summed E-state index contributed by atoms with van der Waals surface area (Å²) < 4.78 is 19.9. The highest BCUT2D eigenvalue weighted by Gasteiger charge is 2.11. The van der Waals surface area contributed by atoms with Gasteiger partial charge in [-0.25, -0.2) is 4.21 Å². The number of hydrogen-bond acceptors (Lipinski definition) is 2. The van der Waals surface area contributed by atoms with E-state index < -0.39 is 11.1 Å². The van der Waals surface area contributed by atoms with E-state index in [4.69, 9.17) is 4.55 Å². The molecule has 1 aromatic carbocycles. The van der Waals surface area contributed by atoms with Gasteiger partial charge in [-0.15, -0.1) is 0 Å². The van der Waals surface area contributed by atoms with Gasteiger partial charge in [-0.2, -0.15) is 0 Å². The summed E-state index contributed by atoms with van der Waals surface area (Å²) in [6, 6.07) is 5.34. The number of hydrogen-bond donors (Lipinski definition) is 2. The fraction of sp³-hybridized carbons (Fsp3) is 0.111. The maximum absolute atomic E-state index is 10.9. The third-order valence-corrected chi connectivity index (χ3v) is 2.66. The lowest BCUT2D eigenvalue weighted by molar-refractivity contribution is 0.564. The quantitative estimate of drug-likeness (QED) is 0.671. The molecule has 0 fully saturated rings. The molecule has 1 aromatic rings. The van der Waals surface area contributed by atoms with E-state index in [2.05, 4.69) is 5.32 Å². The fourth-order valence-corrected chi connectivity index (χ4v) is 1.93. The summed E-state index contributed by atoms with van der Waals surface area (Å²) in [5.41, 5.74) is 1.73. The van der Waals surface area contributed by atoms with Gasteiger partial charge in [-0.1, -0.05) is 24.3 Å². The van der Waals surface area contributed by atoms with E-state index in [-0.39, 0.29) is 0 Å². The van der Waals surface area contributed by atoms with Crippen molar-refractivity contribution in [2.45, 2.75) is 4.90 Å². The van der Waals surface area contributed by atoms with Crippen molar-refractivity contribution in [2.24, 2.45) is 0 Å². The average molecular weight is 195 g/mol. The van der Waals surface area contributed by atoms with Crippen LogP contribution in [-0.2, 0) is 11.1 Å². The standard InChI is InChI=1S/C9H9NO2S/c11-13(12)8-5-1-3-7-4-2-6-10-9(7)8/h1-5,10H,6H2,(H,11,12). The van der Waals surface area contributed by atoms with Gasteiger partial charge in [0.05, 0.1) is 10.6 Å². The Bertz CT molecular complexity index is 387. The average Bonchev–Trinajstić information content (AvgIpc) is 2.17. The number of nitrogens with one attached hydrogen (secondary N) is 1. The van der Waals surface area contributed by atoms with Crippen molar-refractivity contribution in [3.05, 3.63) is 29.8 Å². The molecule has 4 heteroatoms. The van der Waals surface area contributed by atoms with Gasteiger partial charge in [-0.3, -0.25) is 0 Å². The number of para-hydroxylation sites is 1. The van der Waals surface area contributed by atoms with Crippen LogP contribution >= 0.6 is 0 Å². The van der Waals surface area contributed by atoms with Crippen molar-refractivity contribution in [3.8, 4) is 0 Å². The zero-order chi connectivity index (χ0) is 9.26. The van der Waals surface area contributed by atoms with Crippen LogP contribution in [0.5, 0.6) is 0 Å². The van der Waals surface area contributed by atoms with E-state index in [1.807, 2.05) is 18.2 Å². The van der Waals surface area contributed by atoms with Gasteiger partial charge in [0, 0.05) is 6.54 Å². The molecule has 0 radical (unpaired) electrons. The minimum Gasteiger partial charge on any atom is -0.380 e. The second-order valence-electron chi connectivity index (χ2n) is 2.75. The molecule has 0 saturated carbocycles. The number of fused-ring (bicyclic) bond motifs is 1. The Labute approximate surface area is 78.8 Å². The molecule has 1 aliphatic rings. The maximum Gasteiger partial charge on any atom is 0.188 e. The lowest BCUT2D eigenvalue weighted by Gasteiger charge is -2.14. The highest BCUT2D eigenvalue weighted by atomic mass is 32.2. The first kappa shape index (κ1) is 8.47. The normalized spacial score (nSPS) is 16.1. The van der Waals surface area contributed by atoms with Gasteiger partial charge in [-0.05, 0) is 11.6 Å². The molecule has 2 N–H and O–H groups in total. The number of anilines is 1. The molecule has 2 rings (SSSR count). The molecule has 1 aliphatic heterocycles. The Morgan fingerprint density at radius 3 is 3.08 bits per heavy atom. The van der Waals surface area contributed by atoms with Crippen molar-refractivity contribution in [1.82, 2.24) is 0 Å². The maximum atomic E-state index is 10.9. The highest BCUT2D eigenvalue weighted by Crippen LogP contribution is 2.26. The van der Waals surface area contributed by atoms with E-state index in [0.717, 1.165) is 11.3 Å². The minimum absolute atomic E-state index is 0.446. The van der Waals surface area contributed by atoms with Crippen molar-refractivity contribution in [2.75, 3.05) is 11.9 Å². The van der Waals surface area contributed by atoms with Crippen LogP contribution in [0.4, 0.5) is 5.69 Å². The Morgan fingerprint density at radius 1 is 1.46 bits per heavy atom. The van der Waals surface area contributed by atoms with Crippen LogP contribution in [0.15, 0.2) is 29.2 Å². The first-order chi connectivity index (χ1) is 6.29. The zero-order valence-electron chi connectivity index (χ0n) is 6.86. The first-order valence-electron chi connectivity index (χ1n) is 3.93. The summed E-state index contributed by atoms with van der Waals surface area (Å²) in [7, 11) is 0. The molecular formula is C9H9NO2S. The van der Waals surface area contributed by atoms with E-state index >= 15 is 0 Å². The summed E-state index contributed by atoms with van der Waals surface area (Å²) in [5.74, 6) is 0. The van der Waals surface area contributed by atoms with Crippen LogP contribution < -0.4 is 5.32 Å². The van der Waals surface area contributed by atoms with Gasteiger partial charge in [0.15, 0.2) is 11.1 Å². The fourth-order valence-electron chi connectivity index (χ4n) is 1.37. The molecule has 0 aliphatic carbocycles. The molecule has 13 heavy (non-hydrogen) atoms. The van der Waals surface area contributed by atoms with E-state index in [9.17, 15) is 4.21 Å². The van der Waals surface area contributed by atoms with Crippen LogP contribution in [0, 0.1) is 0 Å². The predicted octanol–water partition coefficient (Wildman–Crippen LogP) is 1.71. The topological polar surface area (TPSA) is 49.3 Å². The smallest absolute Gasteiger partial charge is 0.188 e. The van der Waals surface area contributed by atoms with Crippen LogP contribution in [0.3, 0.4) is 0 Å². The monoisotopic (exact) mass is 195 g/mol. The van der Waals surface area contributed by atoms with E-state index in [1.54, 1.807) is 12.1 Å². The minimum atomic E-state index is -1.91. The van der Waals surface area contributed by atoms with Gasteiger partial charge in [0.1, 0.15) is 0 Å². The molecule has 0 bridgehead atoms. The molecule has 3 nitrogen and oxygen atoms in total. The molecule has 68 valence electrons. The molecule has 0 amide bonds. The summed E-state index contributed by atoms with van der Waals surface area (Å²) in [5, 5.41) is 3.07. The summed E-state index contributed by atoms with van der Waals surface area (Å²) in [6.07, 6.45) is 3.93. The van der Waals surface area contributed by atoms with Crippen LogP contribution in [0.25, 0.3) is 6.08 Å². The molecular weight excluding hydrogens is 186 g/mol. The second kappa shape index (κ2) is 3.32. The Hall–Kier alpha value is -1.13. The van der Waals surface area contributed by atoms with Crippen LogP contribution in [-0.4, -0.2) is 15.3 Å². The molecule has 1 unspecified atom stereocenters. The Balaban J connectivity index is 2.59. The molecule has 1 heterocycles. The number of rotatable bonds is 1. The van der Waals surface area contributed by atoms with Crippen molar-refractivity contribution < 1.29 is 8.76 Å². The summed E-state index contributed by atoms with van der Waals surface area (Å²) in [4.78, 5) is 0.446. The summed E-state index contributed by atoms with van der Waals surface area (Å²) in [6.45, 7) is 0.710. The van der Waals surface area contributed by atoms with Gasteiger partial charge >= 0.3 is 0 Å². The van der Waals surface area contributed by atoms with Crippen LogP contribution in [0.2, 0.25) is 0 Å². The van der Waals surface area contributed by atoms with Crippen molar-refractivity contribution in [1.29, 1.82) is 0 Å². The van der Waals surface area contributed by atoms with Gasteiger partial charge in [0.25, 0.3) is 0 Å². The second-order valence-corrected chi connectivity index (χ2v) is 3.69. The number of benzene rings is 1. The van der Waals surface area contributed by atoms with Crippen molar-refractivity contribution >= 4 is 22.8 Å². The van der Waals surface area contributed by atoms with Gasteiger partial charge < -0.3 is 9.87 Å². The largest absolute Gasteiger partial charge is 0.380 e. The zero-order valence-corrected chi connectivity index (χ0v) is 7.67. The van der Waals surface area contributed by atoms with E-state index in [1.165, 1.54) is 0 Å². The first-order valence-corrected chi connectivity index (χ1v) is 5.04. The lowest BCUT2D eigenvalue weighted by atomic mass is 10.1. The molecule has 1 atom stereocenters. The van der Waals surface area contributed by atoms with Gasteiger partial charge in [0.2, 0.25) is 0 Å². The Morgan fingerprint density at radius 2 is 2.31 bits per heavy atom.